The van der Waals surface area contributed by atoms with Crippen LogP contribution in [0.2, 0.25) is 0 Å². The van der Waals surface area contributed by atoms with Gasteiger partial charge in [-0.05, 0) is 37.3 Å². The van der Waals surface area contributed by atoms with Crippen LogP contribution in [0.1, 0.15) is 38.0 Å². The Morgan fingerprint density at radius 3 is 2.18 bits per heavy atom. The smallest absolute Gasteiger partial charge is 0.257 e. The lowest BCUT2D eigenvalue weighted by Crippen LogP contribution is -2.16. The van der Waals surface area contributed by atoms with E-state index in [1.807, 2.05) is 0 Å². The number of para-hydroxylation sites is 1. The minimum atomic E-state index is -0.592. The van der Waals surface area contributed by atoms with Crippen molar-refractivity contribution in [1.29, 1.82) is 0 Å². The zero-order valence-electron chi connectivity index (χ0n) is 14.9. The molecule has 6 nitrogen and oxygen atoms in total. The summed E-state index contributed by atoms with van der Waals surface area (Å²) in [6.45, 7) is 1.43. The van der Waals surface area contributed by atoms with Crippen LogP contribution in [0.5, 0.6) is 0 Å². The molecule has 2 N–H and O–H groups in total. The molecule has 0 aliphatic carbocycles. The standard InChI is InChI=1S/C21H16FN3O3/c1-13(26)14-5-4-6-17(10-14)24-20(27)15-9-16(12-23-11-15)21(28)25-19-8-3-2-7-18(19)22/h2-12H,1H3,(H,24,27)(H,25,28). The Balaban J connectivity index is 1.76. The Bertz CT molecular complexity index is 1070. The van der Waals surface area contributed by atoms with Crippen molar-refractivity contribution in [3.05, 3.63) is 89.5 Å². The van der Waals surface area contributed by atoms with Crippen molar-refractivity contribution in [2.24, 2.45) is 0 Å². The molecule has 0 aliphatic rings. The number of benzene rings is 2. The van der Waals surface area contributed by atoms with Crippen LogP contribution < -0.4 is 10.6 Å². The van der Waals surface area contributed by atoms with E-state index in [1.165, 1.54) is 43.6 Å². The number of halogens is 1. The summed E-state index contributed by atoms with van der Waals surface area (Å²) in [6, 6.07) is 13.6. The van der Waals surface area contributed by atoms with Crippen molar-refractivity contribution in [3.8, 4) is 0 Å². The van der Waals surface area contributed by atoms with E-state index in [1.54, 1.807) is 30.3 Å². The predicted molar refractivity (Wildman–Crippen MR) is 103 cm³/mol. The third kappa shape index (κ3) is 4.45. The van der Waals surface area contributed by atoms with Crippen LogP contribution in [-0.4, -0.2) is 22.6 Å². The molecule has 1 heterocycles. The number of carbonyl (C=O) groups excluding carboxylic acids is 3. The van der Waals surface area contributed by atoms with Crippen LogP contribution >= 0.6 is 0 Å². The van der Waals surface area contributed by atoms with Crippen LogP contribution in [0.4, 0.5) is 15.8 Å². The van der Waals surface area contributed by atoms with E-state index in [4.69, 9.17) is 0 Å². The third-order valence-corrected chi connectivity index (χ3v) is 3.91. The van der Waals surface area contributed by atoms with Crippen molar-refractivity contribution >= 4 is 29.0 Å². The highest BCUT2D eigenvalue weighted by Crippen LogP contribution is 2.16. The summed E-state index contributed by atoms with van der Waals surface area (Å²) in [5.41, 5.74) is 1.19. The highest BCUT2D eigenvalue weighted by Gasteiger charge is 2.13. The largest absolute Gasteiger partial charge is 0.322 e. The number of anilines is 2. The van der Waals surface area contributed by atoms with Crippen molar-refractivity contribution in [3.63, 3.8) is 0 Å². The van der Waals surface area contributed by atoms with Gasteiger partial charge in [0, 0.05) is 23.6 Å². The first kappa shape index (κ1) is 18.9. The second-order valence-electron chi connectivity index (χ2n) is 5.99. The lowest BCUT2D eigenvalue weighted by Gasteiger charge is -2.09. The Kier molecular flexibility index (Phi) is 5.55. The SMILES string of the molecule is CC(=O)c1cccc(NC(=O)c2cncc(C(=O)Nc3ccccc3F)c2)c1. The van der Waals surface area contributed by atoms with E-state index >= 15 is 0 Å². The van der Waals surface area contributed by atoms with Crippen molar-refractivity contribution < 1.29 is 18.8 Å². The summed E-state index contributed by atoms with van der Waals surface area (Å²) in [7, 11) is 0. The maximum absolute atomic E-state index is 13.7. The highest BCUT2D eigenvalue weighted by molar-refractivity contribution is 6.08. The first-order valence-electron chi connectivity index (χ1n) is 8.37. The lowest BCUT2D eigenvalue weighted by molar-refractivity contribution is 0.100. The van der Waals surface area contributed by atoms with Gasteiger partial charge in [-0.3, -0.25) is 19.4 Å². The van der Waals surface area contributed by atoms with Crippen LogP contribution in [0.3, 0.4) is 0 Å². The summed E-state index contributed by atoms with van der Waals surface area (Å²) in [5.74, 6) is -1.77. The maximum Gasteiger partial charge on any atom is 0.257 e. The van der Waals surface area contributed by atoms with Crippen LogP contribution in [0, 0.1) is 5.82 Å². The number of hydrogen-bond donors (Lipinski definition) is 2. The van der Waals surface area contributed by atoms with E-state index in [0.29, 0.717) is 11.3 Å². The van der Waals surface area contributed by atoms with Crippen LogP contribution in [-0.2, 0) is 0 Å². The fraction of sp³-hybridized carbons (Fsp3) is 0.0476. The van der Waals surface area contributed by atoms with Crippen LogP contribution in [0.15, 0.2) is 67.0 Å². The Hall–Kier alpha value is -3.87. The molecule has 0 saturated heterocycles. The molecular weight excluding hydrogens is 361 g/mol. The average Bonchev–Trinajstić information content (AvgIpc) is 2.70. The summed E-state index contributed by atoms with van der Waals surface area (Å²) in [4.78, 5) is 40.1. The number of Topliss-reactive ketones (excluding diaryl/α,β-unsaturated/α-hetero) is 1. The van der Waals surface area contributed by atoms with Crippen LogP contribution in [0.25, 0.3) is 0 Å². The Labute approximate surface area is 160 Å². The van der Waals surface area contributed by atoms with Gasteiger partial charge in [-0.1, -0.05) is 24.3 Å². The van der Waals surface area contributed by atoms with Gasteiger partial charge in [0.2, 0.25) is 0 Å². The number of nitrogens with one attached hydrogen (secondary N) is 2. The number of carbonyl (C=O) groups is 3. The number of amides is 2. The summed E-state index contributed by atoms with van der Waals surface area (Å²) in [6.07, 6.45) is 2.59. The average molecular weight is 377 g/mol. The molecule has 0 atom stereocenters. The van der Waals surface area contributed by atoms with Gasteiger partial charge < -0.3 is 10.6 Å². The molecule has 2 amide bonds. The van der Waals surface area contributed by atoms with E-state index in [9.17, 15) is 18.8 Å². The zero-order chi connectivity index (χ0) is 20.1. The fourth-order valence-corrected chi connectivity index (χ4v) is 2.46. The van der Waals surface area contributed by atoms with Gasteiger partial charge in [-0.2, -0.15) is 0 Å². The number of aromatic nitrogens is 1. The van der Waals surface area contributed by atoms with Gasteiger partial charge in [0.15, 0.2) is 5.78 Å². The quantitative estimate of drug-likeness (QED) is 0.660. The topological polar surface area (TPSA) is 88.2 Å². The molecule has 0 fully saturated rings. The molecule has 3 aromatic rings. The fourth-order valence-electron chi connectivity index (χ4n) is 2.46. The lowest BCUT2D eigenvalue weighted by atomic mass is 10.1. The summed E-state index contributed by atoms with van der Waals surface area (Å²) < 4.78 is 13.7. The zero-order valence-corrected chi connectivity index (χ0v) is 14.9. The first-order valence-corrected chi connectivity index (χ1v) is 8.37. The minimum absolute atomic E-state index is 0.0309. The van der Waals surface area contributed by atoms with E-state index in [0.717, 1.165) is 0 Å². The number of ketones is 1. The minimum Gasteiger partial charge on any atom is -0.322 e. The van der Waals surface area contributed by atoms with Crippen molar-refractivity contribution in [1.82, 2.24) is 4.98 Å². The Morgan fingerprint density at radius 1 is 0.821 bits per heavy atom. The van der Waals surface area contributed by atoms with Gasteiger partial charge in [-0.15, -0.1) is 0 Å². The maximum atomic E-state index is 13.7. The number of hydrogen-bond acceptors (Lipinski definition) is 4. The van der Waals surface area contributed by atoms with E-state index in [-0.39, 0.29) is 22.6 Å². The molecule has 2 aromatic carbocycles. The molecule has 0 unspecified atom stereocenters. The summed E-state index contributed by atoms with van der Waals surface area (Å²) in [5, 5.41) is 5.09. The molecule has 0 radical (unpaired) electrons. The molecule has 0 saturated carbocycles. The van der Waals surface area contributed by atoms with E-state index < -0.39 is 17.6 Å². The van der Waals surface area contributed by atoms with Gasteiger partial charge in [-0.25, -0.2) is 4.39 Å². The molecule has 28 heavy (non-hydrogen) atoms. The van der Waals surface area contributed by atoms with Crippen molar-refractivity contribution in [2.45, 2.75) is 6.92 Å². The van der Waals surface area contributed by atoms with Crippen molar-refractivity contribution in [2.75, 3.05) is 10.6 Å². The third-order valence-electron chi connectivity index (χ3n) is 3.91. The number of nitrogens with zero attached hydrogens (tertiary/aromatic N) is 1. The predicted octanol–water partition coefficient (Wildman–Crippen LogP) is 3.93. The molecule has 1 aromatic heterocycles. The van der Waals surface area contributed by atoms with Gasteiger partial charge in [0.1, 0.15) is 5.82 Å². The van der Waals surface area contributed by atoms with Gasteiger partial charge in [0.25, 0.3) is 11.8 Å². The monoisotopic (exact) mass is 377 g/mol. The number of rotatable bonds is 5. The summed E-state index contributed by atoms with van der Waals surface area (Å²) >= 11 is 0. The molecule has 0 aliphatic heterocycles. The second-order valence-corrected chi connectivity index (χ2v) is 5.99. The van der Waals surface area contributed by atoms with Gasteiger partial charge in [0.05, 0.1) is 16.8 Å². The number of pyridine rings is 1. The molecule has 3 rings (SSSR count). The highest BCUT2D eigenvalue weighted by atomic mass is 19.1. The molecule has 0 spiro atoms. The normalized spacial score (nSPS) is 10.2. The Morgan fingerprint density at radius 2 is 1.50 bits per heavy atom. The molecular formula is C21H16FN3O3. The van der Waals surface area contributed by atoms with E-state index in [2.05, 4.69) is 15.6 Å². The second kappa shape index (κ2) is 8.22. The molecule has 140 valence electrons. The first-order chi connectivity index (χ1) is 13.4. The molecule has 0 bridgehead atoms. The molecule has 7 heteroatoms. The van der Waals surface area contributed by atoms with Gasteiger partial charge >= 0.3 is 0 Å².